The lowest BCUT2D eigenvalue weighted by Gasteiger charge is -2.16. The van der Waals surface area contributed by atoms with Crippen LogP contribution in [0.15, 0.2) is 36.7 Å². The number of rotatable bonds is 6. The van der Waals surface area contributed by atoms with Gasteiger partial charge < -0.3 is 0 Å². The molecule has 0 amide bonds. The number of pyridine rings is 1. The minimum atomic E-state index is -2.60. The summed E-state index contributed by atoms with van der Waals surface area (Å²) >= 11 is 0. The van der Waals surface area contributed by atoms with Crippen LogP contribution in [0.4, 0.5) is 8.78 Å². The maximum absolute atomic E-state index is 13.5. The van der Waals surface area contributed by atoms with Crippen molar-refractivity contribution >= 4 is 16.7 Å². The molecule has 3 heterocycles. The number of carbonyl (C=O) groups is 1. The molecule has 1 atom stereocenters. The number of fused-ring (bicyclic) bond motifs is 1. The van der Waals surface area contributed by atoms with E-state index in [2.05, 4.69) is 15.2 Å². The minimum Gasteiger partial charge on any atom is -0.293 e. The Bertz CT molecular complexity index is 1140. The molecule has 5 rings (SSSR count). The zero-order valence-corrected chi connectivity index (χ0v) is 18.3. The van der Waals surface area contributed by atoms with Gasteiger partial charge in [0.2, 0.25) is 0 Å². The lowest BCUT2D eigenvalue weighted by Crippen LogP contribution is -2.24. The molecule has 0 radical (unpaired) electrons. The van der Waals surface area contributed by atoms with E-state index in [-0.39, 0.29) is 24.7 Å². The van der Waals surface area contributed by atoms with E-state index in [1.807, 2.05) is 31.2 Å². The third-order valence-electron chi connectivity index (χ3n) is 7.10. The number of halogens is 2. The summed E-state index contributed by atoms with van der Waals surface area (Å²) in [6.07, 6.45) is 8.04. The van der Waals surface area contributed by atoms with Crippen LogP contribution in [-0.2, 0) is 6.54 Å². The second-order valence-electron chi connectivity index (χ2n) is 9.43. The number of H-pyrrole nitrogens is 1. The van der Waals surface area contributed by atoms with Gasteiger partial charge in [0.1, 0.15) is 5.69 Å². The molecule has 1 saturated carbocycles. The summed E-state index contributed by atoms with van der Waals surface area (Å²) in [5, 5.41) is 8.17. The Morgan fingerprint density at radius 1 is 1.22 bits per heavy atom. The molecule has 1 aromatic carbocycles. The number of hydrogen-bond acceptors (Lipinski definition) is 4. The first-order valence-electron chi connectivity index (χ1n) is 11.5. The van der Waals surface area contributed by atoms with Gasteiger partial charge in [0.15, 0.2) is 5.78 Å². The molecule has 2 fully saturated rings. The van der Waals surface area contributed by atoms with E-state index < -0.39 is 5.92 Å². The Labute approximate surface area is 186 Å². The van der Waals surface area contributed by atoms with Gasteiger partial charge in [0.05, 0.1) is 12.1 Å². The molecule has 1 saturated heterocycles. The molecule has 2 aromatic heterocycles. The van der Waals surface area contributed by atoms with E-state index in [0.29, 0.717) is 24.7 Å². The van der Waals surface area contributed by atoms with Crippen LogP contribution in [0.1, 0.15) is 55.1 Å². The van der Waals surface area contributed by atoms with Crippen molar-refractivity contribution in [3.63, 3.8) is 0 Å². The number of alkyl halides is 2. The smallest absolute Gasteiger partial charge is 0.261 e. The lowest BCUT2D eigenvalue weighted by atomic mass is 9.87. The zero-order valence-electron chi connectivity index (χ0n) is 18.3. The van der Waals surface area contributed by atoms with Gasteiger partial charge in [-0.25, -0.2) is 8.78 Å². The van der Waals surface area contributed by atoms with Crippen molar-refractivity contribution in [3.8, 4) is 11.1 Å². The van der Waals surface area contributed by atoms with E-state index in [0.717, 1.165) is 40.4 Å². The number of benzene rings is 1. The first-order chi connectivity index (χ1) is 15.4. The summed E-state index contributed by atoms with van der Waals surface area (Å²) in [7, 11) is 0. The summed E-state index contributed by atoms with van der Waals surface area (Å²) in [6, 6.07) is 7.88. The van der Waals surface area contributed by atoms with Gasteiger partial charge in [-0.05, 0) is 48.1 Å². The van der Waals surface area contributed by atoms with Gasteiger partial charge in [-0.15, -0.1) is 0 Å². The highest BCUT2D eigenvalue weighted by Crippen LogP contribution is 2.34. The number of likely N-dealkylation sites (tertiary alicyclic amines) is 1. The summed E-state index contributed by atoms with van der Waals surface area (Å²) < 4.78 is 27.0. The van der Waals surface area contributed by atoms with Gasteiger partial charge in [-0.2, -0.15) is 5.10 Å². The van der Waals surface area contributed by atoms with Crippen LogP contribution in [0, 0.1) is 11.8 Å². The van der Waals surface area contributed by atoms with Crippen molar-refractivity contribution in [2.24, 2.45) is 11.8 Å². The number of nitrogens with zero attached hydrogens (tertiary/aromatic N) is 3. The molecule has 1 unspecified atom stereocenters. The number of nitrogens with one attached hydrogen (secondary N) is 1. The Morgan fingerprint density at radius 3 is 2.78 bits per heavy atom. The number of carbonyl (C=O) groups excluding carboxylic acids is 1. The third kappa shape index (κ3) is 4.18. The fourth-order valence-corrected chi connectivity index (χ4v) is 5.20. The van der Waals surface area contributed by atoms with E-state index in [9.17, 15) is 13.6 Å². The van der Waals surface area contributed by atoms with Crippen molar-refractivity contribution < 1.29 is 13.6 Å². The standard InChI is InChI=1S/C25H28F2N4O/c1-16(18-4-2-3-5-18)24(32)23-21-11-19(6-7-22(21)29-30-23)20-10-17(12-28-13-20)14-31-9-8-25(26,27)15-31/h6-7,10-13,16,18H,2-5,8-9,14-15H2,1H3,(H,29,30). The number of Topliss-reactive ketones (excluding diaryl/α,β-unsaturated/α-hetero) is 1. The molecule has 32 heavy (non-hydrogen) atoms. The Hall–Kier alpha value is -2.67. The average molecular weight is 439 g/mol. The van der Waals surface area contributed by atoms with Crippen molar-refractivity contribution in [3.05, 3.63) is 47.9 Å². The number of aromatic amines is 1. The van der Waals surface area contributed by atoms with Crippen LogP contribution in [0.5, 0.6) is 0 Å². The molecule has 168 valence electrons. The van der Waals surface area contributed by atoms with Gasteiger partial charge in [-0.1, -0.05) is 25.8 Å². The maximum Gasteiger partial charge on any atom is 0.261 e. The highest BCUT2D eigenvalue weighted by Gasteiger charge is 2.38. The van der Waals surface area contributed by atoms with Crippen molar-refractivity contribution in [1.29, 1.82) is 0 Å². The van der Waals surface area contributed by atoms with Gasteiger partial charge in [-0.3, -0.25) is 19.8 Å². The van der Waals surface area contributed by atoms with E-state index >= 15 is 0 Å². The van der Waals surface area contributed by atoms with Crippen LogP contribution in [0.25, 0.3) is 22.0 Å². The van der Waals surface area contributed by atoms with Crippen molar-refractivity contribution in [2.75, 3.05) is 13.1 Å². The maximum atomic E-state index is 13.5. The largest absolute Gasteiger partial charge is 0.293 e. The fourth-order valence-electron chi connectivity index (χ4n) is 5.20. The second kappa shape index (κ2) is 8.35. The van der Waals surface area contributed by atoms with Gasteiger partial charge in [0, 0.05) is 48.8 Å². The summed E-state index contributed by atoms with van der Waals surface area (Å²) in [5.41, 5.74) is 4.07. The van der Waals surface area contributed by atoms with Gasteiger partial charge >= 0.3 is 0 Å². The normalized spacial score (nSPS) is 20.2. The highest BCUT2D eigenvalue weighted by atomic mass is 19.3. The number of aromatic nitrogens is 3. The third-order valence-corrected chi connectivity index (χ3v) is 7.10. The summed E-state index contributed by atoms with van der Waals surface area (Å²) in [6.45, 7) is 2.66. The quantitative estimate of drug-likeness (QED) is 0.518. The molecule has 1 N–H and O–H groups in total. The Balaban J connectivity index is 1.40. The summed E-state index contributed by atoms with van der Waals surface area (Å²) in [4.78, 5) is 19.3. The molecule has 0 spiro atoms. The zero-order chi connectivity index (χ0) is 22.3. The Kier molecular flexibility index (Phi) is 5.53. The Morgan fingerprint density at radius 2 is 2.03 bits per heavy atom. The molecule has 5 nitrogen and oxygen atoms in total. The first kappa shape index (κ1) is 21.2. The van der Waals surface area contributed by atoms with Crippen LogP contribution < -0.4 is 0 Å². The van der Waals surface area contributed by atoms with Crippen molar-refractivity contribution in [1.82, 2.24) is 20.1 Å². The summed E-state index contributed by atoms with van der Waals surface area (Å²) in [5.74, 6) is -2.09. The number of ketones is 1. The van der Waals surface area contributed by atoms with E-state index in [4.69, 9.17) is 0 Å². The molecule has 7 heteroatoms. The topological polar surface area (TPSA) is 61.9 Å². The first-order valence-corrected chi connectivity index (χ1v) is 11.5. The monoisotopic (exact) mass is 438 g/mol. The van der Waals surface area contributed by atoms with Crippen LogP contribution >= 0.6 is 0 Å². The molecular weight excluding hydrogens is 410 g/mol. The second-order valence-corrected chi connectivity index (χ2v) is 9.43. The van der Waals surface area contributed by atoms with Crippen LogP contribution in [-0.4, -0.2) is 44.9 Å². The predicted octanol–water partition coefficient (Wildman–Crippen LogP) is 5.47. The average Bonchev–Trinajstić information content (AvgIpc) is 3.52. The predicted molar refractivity (Wildman–Crippen MR) is 120 cm³/mol. The molecular formula is C25H28F2N4O. The highest BCUT2D eigenvalue weighted by molar-refractivity contribution is 6.07. The van der Waals surface area contributed by atoms with Crippen LogP contribution in [0.3, 0.4) is 0 Å². The van der Waals surface area contributed by atoms with Gasteiger partial charge in [0.25, 0.3) is 5.92 Å². The molecule has 1 aliphatic carbocycles. The molecule has 0 bridgehead atoms. The number of hydrogen-bond donors (Lipinski definition) is 1. The van der Waals surface area contributed by atoms with E-state index in [1.54, 1.807) is 17.3 Å². The van der Waals surface area contributed by atoms with Crippen molar-refractivity contribution in [2.45, 2.75) is 51.5 Å². The lowest BCUT2D eigenvalue weighted by molar-refractivity contribution is 0.0115. The molecule has 1 aliphatic heterocycles. The van der Waals surface area contributed by atoms with E-state index in [1.165, 1.54) is 12.8 Å². The minimum absolute atomic E-state index is 0.0313. The fraction of sp³-hybridized carbons (Fsp3) is 0.480. The molecule has 2 aliphatic rings. The molecule has 3 aromatic rings. The SMILES string of the molecule is CC(C(=O)c1n[nH]c2ccc(-c3cncc(CN4CCC(F)(F)C4)c3)cc12)C1CCCC1. The van der Waals surface area contributed by atoms with Crippen LogP contribution in [0.2, 0.25) is 0 Å².